The molecule has 17 heavy (non-hydrogen) atoms. The number of aromatic nitrogens is 2. The highest BCUT2D eigenvalue weighted by Gasteiger charge is 2.16. The maximum atomic E-state index is 5.93. The molecule has 0 radical (unpaired) electrons. The van der Waals surface area contributed by atoms with Crippen LogP contribution in [0, 0.1) is 6.92 Å². The Bertz CT molecular complexity index is 502. The first-order chi connectivity index (χ1) is 8.13. The summed E-state index contributed by atoms with van der Waals surface area (Å²) in [7, 11) is 0. The van der Waals surface area contributed by atoms with Gasteiger partial charge >= 0.3 is 0 Å². The van der Waals surface area contributed by atoms with Crippen molar-refractivity contribution < 1.29 is 0 Å². The molecule has 1 aromatic heterocycles. The molecular formula is C13H16ClN3. The lowest BCUT2D eigenvalue weighted by atomic mass is 10.0. The number of nitrogens with zero attached hydrogens (tertiary/aromatic N) is 2. The first-order valence-electron chi connectivity index (χ1n) is 5.68. The second kappa shape index (κ2) is 4.80. The van der Waals surface area contributed by atoms with Crippen LogP contribution in [0.25, 0.3) is 0 Å². The quantitative estimate of drug-likeness (QED) is 0.906. The van der Waals surface area contributed by atoms with E-state index >= 15 is 0 Å². The van der Waals surface area contributed by atoms with E-state index in [0.717, 1.165) is 6.42 Å². The highest BCUT2D eigenvalue weighted by Crippen LogP contribution is 2.27. The van der Waals surface area contributed by atoms with Gasteiger partial charge in [0.05, 0.1) is 12.2 Å². The molecule has 0 aliphatic rings. The fourth-order valence-corrected chi connectivity index (χ4v) is 2.07. The Balaban J connectivity index is 2.40. The molecule has 3 nitrogen and oxygen atoms in total. The van der Waals surface area contributed by atoms with E-state index in [2.05, 4.69) is 43.2 Å². The Morgan fingerprint density at radius 1 is 1.35 bits per heavy atom. The molecule has 0 spiro atoms. The van der Waals surface area contributed by atoms with Gasteiger partial charge < -0.3 is 5.73 Å². The SMILES string of the molecule is CCC(c1ccc(C)cc1)n1ncc(Cl)c1N. The van der Waals surface area contributed by atoms with E-state index in [1.165, 1.54) is 11.1 Å². The van der Waals surface area contributed by atoms with Crippen molar-refractivity contribution in [2.75, 3.05) is 5.73 Å². The lowest BCUT2D eigenvalue weighted by Gasteiger charge is -2.17. The van der Waals surface area contributed by atoms with Crippen molar-refractivity contribution in [1.29, 1.82) is 0 Å². The first kappa shape index (κ1) is 12.0. The maximum absolute atomic E-state index is 5.93. The molecule has 0 saturated carbocycles. The summed E-state index contributed by atoms with van der Waals surface area (Å²) in [5.74, 6) is 0.527. The number of benzene rings is 1. The largest absolute Gasteiger partial charge is 0.383 e. The number of rotatable bonds is 3. The Morgan fingerprint density at radius 3 is 2.47 bits per heavy atom. The van der Waals surface area contributed by atoms with Crippen LogP contribution in [-0.4, -0.2) is 9.78 Å². The number of anilines is 1. The molecule has 0 amide bonds. The Hall–Kier alpha value is -1.48. The van der Waals surface area contributed by atoms with E-state index in [-0.39, 0.29) is 6.04 Å². The summed E-state index contributed by atoms with van der Waals surface area (Å²) in [4.78, 5) is 0. The topological polar surface area (TPSA) is 43.8 Å². The lowest BCUT2D eigenvalue weighted by Crippen LogP contribution is -2.13. The number of halogens is 1. The van der Waals surface area contributed by atoms with Crippen LogP contribution in [0.15, 0.2) is 30.5 Å². The van der Waals surface area contributed by atoms with E-state index in [4.69, 9.17) is 17.3 Å². The van der Waals surface area contributed by atoms with E-state index < -0.39 is 0 Å². The van der Waals surface area contributed by atoms with Crippen LogP contribution in [0.3, 0.4) is 0 Å². The number of nitrogens with two attached hydrogens (primary N) is 1. The predicted molar refractivity (Wildman–Crippen MR) is 71.3 cm³/mol. The third kappa shape index (κ3) is 2.29. The van der Waals surface area contributed by atoms with Crippen molar-refractivity contribution >= 4 is 17.4 Å². The number of hydrogen-bond acceptors (Lipinski definition) is 2. The zero-order valence-electron chi connectivity index (χ0n) is 10.0. The van der Waals surface area contributed by atoms with Gasteiger partial charge in [-0.05, 0) is 18.9 Å². The second-order valence-electron chi connectivity index (χ2n) is 4.16. The van der Waals surface area contributed by atoms with Crippen molar-refractivity contribution in [2.24, 2.45) is 0 Å². The molecular weight excluding hydrogens is 234 g/mol. The van der Waals surface area contributed by atoms with Gasteiger partial charge in [0.25, 0.3) is 0 Å². The fourth-order valence-electron chi connectivity index (χ4n) is 1.94. The summed E-state index contributed by atoms with van der Waals surface area (Å²) in [6, 6.07) is 8.55. The minimum atomic E-state index is 0.142. The molecule has 2 aromatic rings. The minimum absolute atomic E-state index is 0.142. The molecule has 2 rings (SSSR count). The molecule has 0 aliphatic heterocycles. The van der Waals surface area contributed by atoms with Crippen molar-refractivity contribution in [3.8, 4) is 0 Å². The molecule has 1 atom stereocenters. The summed E-state index contributed by atoms with van der Waals surface area (Å²) in [6.07, 6.45) is 2.51. The summed E-state index contributed by atoms with van der Waals surface area (Å²) in [5, 5.41) is 4.75. The summed E-state index contributed by atoms with van der Waals surface area (Å²) >= 11 is 5.93. The third-order valence-electron chi connectivity index (χ3n) is 2.93. The zero-order chi connectivity index (χ0) is 12.4. The summed E-state index contributed by atoms with van der Waals surface area (Å²) in [6.45, 7) is 4.18. The number of nitrogen functional groups attached to an aromatic ring is 1. The van der Waals surface area contributed by atoms with Gasteiger partial charge in [-0.15, -0.1) is 0 Å². The van der Waals surface area contributed by atoms with Gasteiger partial charge in [0.2, 0.25) is 0 Å². The maximum Gasteiger partial charge on any atom is 0.141 e. The van der Waals surface area contributed by atoms with Crippen LogP contribution in [0.2, 0.25) is 5.02 Å². The smallest absolute Gasteiger partial charge is 0.141 e. The third-order valence-corrected chi connectivity index (χ3v) is 3.22. The number of aryl methyl sites for hydroxylation is 1. The molecule has 1 unspecified atom stereocenters. The molecule has 1 heterocycles. The standard InChI is InChI=1S/C13H16ClN3/c1-3-12(10-6-4-9(2)5-7-10)17-13(15)11(14)8-16-17/h4-8,12H,3,15H2,1-2H3. The van der Waals surface area contributed by atoms with Gasteiger partial charge in [-0.25, -0.2) is 4.68 Å². The van der Waals surface area contributed by atoms with Gasteiger partial charge in [0.15, 0.2) is 0 Å². The van der Waals surface area contributed by atoms with Gasteiger partial charge in [-0.2, -0.15) is 5.10 Å². The molecule has 0 saturated heterocycles. The normalized spacial score (nSPS) is 12.6. The van der Waals surface area contributed by atoms with Gasteiger partial charge in [0.1, 0.15) is 10.8 Å². The van der Waals surface area contributed by atoms with Crippen molar-refractivity contribution in [2.45, 2.75) is 26.3 Å². The van der Waals surface area contributed by atoms with Gasteiger partial charge in [-0.3, -0.25) is 0 Å². The highest BCUT2D eigenvalue weighted by molar-refractivity contribution is 6.32. The van der Waals surface area contributed by atoms with Crippen LogP contribution in [-0.2, 0) is 0 Å². The molecule has 0 aliphatic carbocycles. The van der Waals surface area contributed by atoms with E-state index in [1.807, 2.05) is 0 Å². The van der Waals surface area contributed by atoms with Crippen LogP contribution >= 0.6 is 11.6 Å². The molecule has 4 heteroatoms. The first-order valence-corrected chi connectivity index (χ1v) is 6.06. The zero-order valence-corrected chi connectivity index (χ0v) is 10.8. The van der Waals surface area contributed by atoms with Crippen LogP contribution in [0.1, 0.15) is 30.5 Å². The van der Waals surface area contributed by atoms with E-state index in [9.17, 15) is 0 Å². The molecule has 0 bridgehead atoms. The van der Waals surface area contributed by atoms with Crippen LogP contribution in [0.4, 0.5) is 5.82 Å². The van der Waals surface area contributed by atoms with E-state index in [1.54, 1.807) is 10.9 Å². The average molecular weight is 250 g/mol. The Morgan fingerprint density at radius 2 is 2.00 bits per heavy atom. The lowest BCUT2D eigenvalue weighted by molar-refractivity contribution is 0.516. The Kier molecular flexibility index (Phi) is 3.38. The van der Waals surface area contributed by atoms with Crippen molar-refractivity contribution in [1.82, 2.24) is 9.78 Å². The molecule has 2 N–H and O–H groups in total. The summed E-state index contributed by atoms with van der Waals surface area (Å²) in [5.41, 5.74) is 8.36. The van der Waals surface area contributed by atoms with Gasteiger partial charge in [0, 0.05) is 0 Å². The summed E-state index contributed by atoms with van der Waals surface area (Å²) < 4.78 is 1.78. The predicted octanol–water partition coefficient (Wildman–Crippen LogP) is 3.43. The van der Waals surface area contributed by atoms with Gasteiger partial charge in [-0.1, -0.05) is 48.4 Å². The van der Waals surface area contributed by atoms with Crippen molar-refractivity contribution in [3.05, 3.63) is 46.6 Å². The number of hydrogen-bond donors (Lipinski definition) is 1. The minimum Gasteiger partial charge on any atom is -0.383 e. The highest BCUT2D eigenvalue weighted by atomic mass is 35.5. The molecule has 90 valence electrons. The fraction of sp³-hybridized carbons (Fsp3) is 0.308. The van der Waals surface area contributed by atoms with E-state index in [0.29, 0.717) is 10.8 Å². The average Bonchev–Trinajstić information content (AvgIpc) is 2.65. The molecule has 1 aromatic carbocycles. The van der Waals surface area contributed by atoms with Crippen molar-refractivity contribution in [3.63, 3.8) is 0 Å². The second-order valence-corrected chi connectivity index (χ2v) is 4.56. The Labute approximate surface area is 106 Å². The molecule has 0 fully saturated rings. The monoisotopic (exact) mass is 249 g/mol. The van der Waals surface area contributed by atoms with Crippen LogP contribution < -0.4 is 5.73 Å². The van der Waals surface area contributed by atoms with Crippen LogP contribution in [0.5, 0.6) is 0 Å².